The van der Waals surface area contributed by atoms with E-state index in [0.717, 1.165) is 16.3 Å². The summed E-state index contributed by atoms with van der Waals surface area (Å²) in [5.74, 6) is 0. The predicted octanol–water partition coefficient (Wildman–Crippen LogP) is 5.11. The van der Waals surface area contributed by atoms with Gasteiger partial charge in [-0.3, -0.25) is 0 Å². The van der Waals surface area contributed by atoms with E-state index in [2.05, 4.69) is 47.5 Å². The first-order valence-electron chi connectivity index (χ1n) is 7.60. The number of halogens is 1. The van der Waals surface area contributed by atoms with Crippen molar-refractivity contribution in [3.05, 3.63) is 59.1 Å². The molecule has 0 saturated carbocycles. The summed E-state index contributed by atoms with van der Waals surface area (Å²) in [7, 11) is 0. The lowest BCUT2D eigenvalue weighted by Gasteiger charge is -2.20. The van der Waals surface area contributed by atoms with Crippen molar-refractivity contribution in [3.8, 4) is 0 Å². The Morgan fingerprint density at radius 2 is 1.67 bits per heavy atom. The number of benzene rings is 2. The van der Waals surface area contributed by atoms with Crippen molar-refractivity contribution < 1.29 is 0 Å². The lowest BCUT2D eigenvalue weighted by Crippen LogP contribution is -2.17. The first-order chi connectivity index (χ1) is 10.2. The number of anilines is 2. The summed E-state index contributed by atoms with van der Waals surface area (Å²) in [6.07, 6.45) is 2.62. The molecular weight excluding hydrogens is 280 g/mol. The minimum absolute atomic E-state index is 0.191. The first-order valence-corrected chi connectivity index (χ1v) is 7.98. The van der Waals surface area contributed by atoms with Gasteiger partial charge in [-0.2, -0.15) is 0 Å². The van der Waals surface area contributed by atoms with Crippen LogP contribution in [0.1, 0.15) is 31.4 Å². The molecule has 2 nitrogen and oxygen atoms in total. The first kappa shape index (κ1) is 14.3. The second kappa shape index (κ2) is 6.40. The number of rotatable bonds is 4. The highest BCUT2D eigenvalue weighted by Crippen LogP contribution is 2.27. The van der Waals surface area contributed by atoms with E-state index in [0.29, 0.717) is 0 Å². The minimum atomic E-state index is 0.191. The van der Waals surface area contributed by atoms with Crippen molar-refractivity contribution in [1.82, 2.24) is 0 Å². The van der Waals surface area contributed by atoms with E-state index < -0.39 is 0 Å². The third-order valence-electron chi connectivity index (χ3n) is 4.09. The van der Waals surface area contributed by atoms with Gasteiger partial charge in [0, 0.05) is 35.5 Å². The monoisotopic (exact) mass is 300 g/mol. The highest BCUT2D eigenvalue weighted by atomic mass is 35.5. The molecule has 3 heteroatoms. The zero-order valence-electron chi connectivity index (χ0n) is 12.3. The van der Waals surface area contributed by atoms with Crippen LogP contribution in [-0.2, 0) is 0 Å². The fraction of sp³-hybridized carbons (Fsp3) is 0.333. The Balaban J connectivity index is 1.69. The van der Waals surface area contributed by atoms with E-state index in [1.807, 2.05) is 18.2 Å². The van der Waals surface area contributed by atoms with Crippen LogP contribution in [0.5, 0.6) is 0 Å². The normalized spacial score (nSPS) is 16.0. The van der Waals surface area contributed by atoms with E-state index in [-0.39, 0.29) is 6.04 Å². The fourth-order valence-corrected chi connectivity index (χ4v) is 3.20. The van der Waals surface area contributed by atoms with Gasteiger partial charge in [0.05, 0.1) is 0 Å². The maximum absolute atomic E-state index is 6.25. The fourth-order valence-electron chi connectivity index (χ4n) is 2.90. The molecule has 0 bridgehead atoms. The summed E-state index contributed by atoms with van der Waals surface area (Å²) in [6, 6.07) is 16.9. The van der Waals surface area contributed by atoms with Crippen LogP contribution < -0.4 is 10.2 Å². The standard InChI is InChI=1S/C18H21ClN2/c1-14(17-6-2-3-7-18(17)19)20-15-8-10-16(11-9-15)21-12-4-5-13-21/h2-3,6-11,14,20H,4-5,12-13H2,1H3. The van der Waals surface area contributed by atoms with Crippen LogP contribution in [0.15, 0.2) is 48.5 Å². The molecule has 0 radical (unpaired) electrons. The van der Waals surface area contributed by atoms with Gasteiger partial charge < -0.3 is 10.2 Å². The molecule has 110 valence electrons. The summed E-state index contributed by atoms with van der Waals surface area (Å²) >= 11 is 6.25. The number of nitrogens with one attached hydrogen (secondary N) is 1. The zero-order valence-corrected chi connectivity index (χ0v) is 13.1. The Bertz CT molecular complexity index is 588. The molecule has 0 aromatic heterocycles. The molecule has 0 amide bonds. The van der Waals surface area contributed by atoms with Crippen molar-refractivity contribution in [2.75, 3.05) is 23.3 Å². The zero-order chi connectivity index (χ0) is 14.7. The molecule has 0 aliphatic carbocycles. The van der Waals surface area contributed by atoms with Crippen molar-refractivity contribution in [2.45, 2.75) is 25.8 Å². The molecular formula is C18H21ClN2. The van der Waals surface area contributed by atoms with Crippen molar-refractivity contribution >= 4 is 23.0 Å². The quantitative estimate of drug-likeness (QED) is 0.843. The van der Waals surface area contributed by atoms with Crippen LogP contribution in [-0.4, -0.2) is 13.1 Å². The summed E-state index contributed by atoms with van der Waals surface area (Å²) in [5.41, 5.74) is 3.58. The highest BCUT2D eigenvalue weighted by Gasteiger charge is 2.12. The van der Waals surface area contributed by atoms with Crippen molar-refractivity contribution in [2.24, 2.45) is 0 Å². The van der Waals surface area contributed by atoms with Gasteiger partial charge in [-0.25, -0.2) is 0 Å². The van der Waals surface area contributed by atoms with Gasteiger partial charge in [-0.1, -0.05) is 29.8 Å². The average Bonchev–Trinajstić information content (AvgIpc) is 3.02. The van der Waals surface area contributed by atoms with Crippen molar-refractivity contribution in [3.63, 3.8) is 0 Å². The summed E-state index contributed by atoms with van der Waals surface area (Å²) in [4.78, 5) is 2.45. The molecule has 1 saturated heterocycles. The van der Waals surface area contributed by atoms with Gasteiger partial charge in [-0.15, -0.1) is 0 Å². The summed E-state index contributed by atoms with van der Waals surface area (Å²) in [5, 5.41) is 4.33. The molecule has 2 aromatic carbocycles. The summed E-state index contributed by atoms with van der Waals surface area (Å²) in [6.45, 7) is 4.50. The van der Waals surface area contributed by atoms with Crippen LogP contribution in [0.4, 0.5) is 11.4 Å². The van der Waals surface area contributed by atoms with Crippen molar-refractivity contribution in [1.29, 1.82) is 0 Å². The second-order valence-corrected chi connectivity index (χ2v) is 6.04. The molecule has 1 aliphatic rings. The Morgan fingerprint density at radius 3 is 2.33 bits per heavy atom. The van der Waals surface area contributed by atoms with Crippen LogP contribution in [0.25, 0.3) is 0 Å². The smallest absolute Gasteiger partial charge is 0.0500 e. The molecule has 1 N–H and O–H groups in total. The summed E-state index contributed by atoms with van der Waals surface area (Å²) < 4.78 is 0. The van der Waals surface area contributed by atoms with Gasteiger partial charge in [0.15, 0.2) is 0 Å². The Morgan fingerprint density at radius 1 is 1.00 bits per heavy atom. The van der Waals surface area contributed by atoms with Crippen LogP contribution in [0.3, 0.4) is 0 Å². The Kier molecular flexibility index (Phi) is 4.35. The van der Waals surface area contributed by atoms with Gasteiger partial charge in [0.25, 0.3) is 0 Å². The number of hydrogen-bond donors (Lipinski definition) is 1. The SMILES string of the molecule is CC(Nc1ccc(N2CCCC2)cc1)c1ccccc1Cl. The molecule has 2 aromatic rings. The molecule has 21 heavy (non-hydrogen) atoms. The third kappa shape index (κ3) is 3.33. The average molecular weight is 301 g/mol. The number of nitrogens with zero attached hydrogens (tertiary/aromatic N) is 1. The minimum Gasteiger partial charge on any atom is -0.378 e. The number of hydrogen-bond acceptors (Lipinski definition) is 2. The Hall–Kier alpha value is -1.67. The maximum atomic E-state index is 6.25. The predicted molar refractivity (Wildman–Crippen MR) is 91.4 cm³/mol. The largest absolute Gasteiger partial charge is 0.378 e. The molecule has 3 rings (SSSR count). The van der Waals surface area contributed by atoms with Crippen LogP contribution >= 0.6 is 11.6 Å². The molecule has 1 aliphatic heterocycles. The van der Waals surface area contributed by atoms with Crippen LogP contribution in [0, 0.1) is 0 Å². The van der Waals surface area contributed by atoms with E-state index >= 15 is 0 Å². The van der Waals surface area contributed by atoms with Crippen LogP contribution in [0.2, 0.25) is 5.02 Å². The third-order valence-corrected chi connectivity index (χ3v) is 4.44. The molecule has 1 unspecified atom stereocenters. The van der Waals surface area contributed by atoms with E-state index in [4.69, 9.17) is 11.6 Å². The lowest BCUT2D eigenvalue weighted by molar-refractivity contribution is 0.884. The lowest BCUT2D eigenvalue weighted by atomic mass is 10.1. The second-order valence-electron chi connectivity index (χ2n) is 5.63. The maximum Gasteiger partial charge on any atom is 0.0500 e. The van der Waals surface area contributed by atoms with E-state index in [1.165, 1.54) is 31.6 Å². The van der Waals surface area contributed by atoms with E-state index in [9.17, 15) is 0 Å². The highest BCUT2D eigenvalue weighted by molar-refractivity contribution is 6.31. The Labute approximate surface area is 131 Å². The topological polar surface area (TPSA) is 15.3 Å². The molecule has 1 heterocycles. The molecule has 1 atom stereocenters. The van der Waals surface area contributed by atoms with Gasteiger partial charge >= 0.3 is 0 Å². The van der Waals surface area contributed by atoms with Gasteiger partial charge in [0.1, 0.15) is 0 Å². The molecule has 1 fully saturated rings. The van der Waals surface area contributed by atoms with Gasteiger partial charge in [0.2, 0.25) is 0 Å². The van der Waals surface area contributed by atoms with Gasteiger partial charge in [-0.05, 0) is 55.7 Å². The molecule has 0 spiro atoms. The van der Waals surface area contributed by atoms with E-state index in [1.54, 1.807) is 0 Å².